The molecule has 4 nitrogen and oxygen atoms in total. The van der Waals surface area contributed by atoms with Gasteiger partial charge in [-0.25, -0.2) is 17.1 Å². The summed E-state index contributed by atoms with van der Waals surface area (Å²) < 4.78 is 38.6. The lowest BCUT2D eigenvalue weighted by atomic mass is 9.85. The minimum absolute atomic E-state index is 0.0975. The Hall–Kier alpha value is -0.530. The van der Waals surface area contributed by atoms with Crippen LogP contribution < -0.4 is 0 Å². The number of hydrogen-bond donors (Lipinski definition) is 0. The van der Waals surface area contributed by atoms with Gasteiger partial charge in [0.05, 0.1) is 6.20 Å². The van der Waals surface area contributed by atoms with Crippen LogP contribution in [0, 0.1) is 11.7 Å². The minimum Gasteiger partial charge on any atom is -0.260 e. The van der Waals surface area contributed by atoms with Crippen molar-refractivity contribution in [3.8, 4) is 0 Å². The van der Waals surface area contributed by atoms with Crippen LogP contribution in [-0.2, 0) is 10.0 Å². The average Bonchev–Trinajstić information content (AvgIpc) is 2.26. The summed E-state index contributed by atoms with van der Waals surface area (Å²) in [5, 5.41) is 0. The molecule has 2 rings (SSSR count). The van der Waals surface area contributed by atoms with Gasteiger partial charge in [-0.1, -0.05) is 15.9 Å². The van der Waals surface area contributed by atoms with E-state index in [1.54, 1.807) is 0 Å². The zero-order valence-corrected chi connectivity index (χ0v) is 12.3. The lowest BCUT2D eigenvalue weighted by molar-refractivity contribution is 0.275. The van der Waals surface area contributed by atoms with Gasteiger partial charge in [0, 0.05) is 24.6 Å². The molecule has 18 heavy (non-hydrogen) atoms. The summed E-state index contributed by atoms with van der Waals surface area (Å²) in [6.45, 7) is 0.459. The van der Waals surface area contributed by atoms with Crippen molar-refractivity contribution in [1.82, 2.24) is 9.29 Å². The van der Waals surface area contributed by atoms with E-state index in [0.717, 1.165) is 25.1 Å². The Morgan fingerprint density at radius 1 is 1.50 bits per heavy atom. The van der Waals surface area contributed by atoms with Gasteiger partial charge in [-0.2, -0.15) is 0 Å². The molecule has 1 saturated carbocycles. The highest BCUT2D eigenvalue weighted by Gasteiger charge is 2.31. The first kappa shape index (κ1) is 13.9. The topological polar surface area (TPSA) is 50.3 Å². The zero-order valence-electron chi connectivity index (χ0n) is 9.88. The van der Waals surface area contributed by atoms with Crippen LogP contribution in [0.4, 0.5) is 4.39 Å². The molecule has 1 fully saturated rings. The smallest absolute Gasteiger partial charge is 0.244 e. The van der Waals surface area contributed by atoms with E-state index in [1.807, 2.05) is 0 Å². The monoisotopic (exact) mass is 336 g/mol. The second kappa shape index (κ2) is 5.22. The summed E-state index contributed by atoms with van der Waals surface area (Å²) in [7, 11) is -2.12. The Labute approximate surface area is 114 Å². The molecule has 1 heterocycles. The van der Waals surface area contributed by atoms with Gasteiger partial charge in [-0.3, -0.25) is 4.98 Å². The first-order valence-corrected chi connectivity index (χ1v) is 7.96. The van der Waals surface area contributed by atoms with E-state index >= 15 is 0 Å². The number of halogens is 2. The van der Waals surface area contributed by atoms with Gasteiger partial charge >= 0.3 is 0 Å². The largest absolute Gasteiger partial charge is 0.260 e. The third kappa shape index (κ3) is 2.89. The van der Waals surface area contributed by atoms with Gasteiger partial charge in [0.1, 0.15) is 10.7 Å². The molecule has 0 saturated heterocycles. The molecule has 1 aromatic rings. The fourth-order valence-electron chi connectivity index (χ4n) is 1.98. The Kier molecular flexibility index (Phi) is 4.03. The van der Waals surface area contributed by atoms with Crippen molar-refractivity contribution < 1.29 is 12.8 Å². The van der Waals surface area contributed by atoms with Crippen molar-refractivity contribution >= 4 is 26.0 Å². The van der Waals surface area contributed by atoms with Crippen molar-refractivity contribution in [1.29, 1.82) is 0 Å². The summed E-state index contributed by atoms with van der Waals surface area (Å²) in [5.41, 5.74) is 0. The molecule has 0 bridgehead atoms. The second-order valence-electron chi connectivity index (χ2n) is 4.56. The first-order chi connectivity index (χ1) is 8.39. The lowest BCUT2D eigenvalue weighted by Crippen LogP contribution is -2.37. The summed E-state index contributed by atoms with van der Waals surface area (Å²) in [6.07, 6.45) is 4.10. The van der Waals surface area contributed by atoms with E-state index in [4.69, 9.17) is 0 Å². The van der Waals surface area contributed by atoms with Crippen molar-refractivity contribution in [2.45, 2.75) is 22.6 Å². The number of hydrogen-bond acceptors (Lipinski definition) is 3. The van der Waals surface area contributed by atoms with E-state index in [2.05, 4.69) is 20.9 Å². The fraction of sp³-hybridized carbons (Fsp3) is 0.545. The summed E-state index contributed by atoms with van der Waals surface area (Å²) in [5.74, 6) is -0.274. The van der Waals surface area contributed by atoms with Crippen LogP contribution in [0.5, 0.6) is 0 Å². The van der Waals surface area contributed by atoms with Crippen LogP contribution in [0.2, 0.25) is 0 Å². The van der Waals surface area contributed by atoms with Crippen molar-refractivity contribution in [2.75, 3.05) is 13.6 Å². The summed E-state index contributed by atoms with van der Waals surface area (Å²) in [4.78, 5) is 3.97. The predicted molar refractivity (Wildman–Crippen MR) is 69.4 cm³/mol. The lowest BCUT2D eigenvalue weighted by Gasteiger charge is -2.33. The van der Waals surface area contributed by atoms with Crippen LogP contribution in [0.15, 0.2) is 23.4 Å². The standard InChI is InChI=1S/C11H14BrFN2O2S/c1-15(7-8-2-9(12)3-8)18(16,17)11-4-10(13)5-14-6-11/h4-6,8-9H,2-3,7H2,1H3. The van der Waals surface area contributed by atoms with E-state index in [0.29, 0.717) is 17.3 Å². The number of sulfonamides is 1. The maximum Gasteiger partial charge on any atom is 0.244 e. The van der Waals surface area contributed by atoms with Crippen LogP contribution >= 0.6 is 15.9 Å². The Bertz CT molecular complexity index is 532. The number of alkyl halides is 1. The van der Waals surface area contributed by atoms with Crippen LogP contribution in [-0.4, -0.2) is 36.1 Å². The third-order valence-corrected chi connectivity index (χ3v) is 5.62. The molecule has 0 radical (unpaired) electrons. The molecule has 1 aromatic heterocycles. The highest BCUT2D eigenvalue weighted by molar-refractivity contribution is 9.09. The molecule has 0 aromatic carbocycles. The van der Waals surface area contributed by atoms with Crippen molar-refractivity contribution in [2.24, 2.45) is 5.92 Å². The fourth-order valence-corrected chi connectivity index (χ4v) is 4.26. The normalized spacial score (nSPS) is 24.0. The maximum atomic E-state index is 13.0. The molecule has 1 aliphatic carbocycles. The SMILES string of the molecule is CN(CC1CC(Br)C1)S(=O)(=O)c1cncc(F)c1. The molecule has 0 atom stereocenters. The Morgan fingerprint density at radius 3 is 2.72 bits per heavy atom. The second-order valence-corrected chi connectivity index (χ2v) is 7.90. The summed E-state index contributed by atoms with van der Waals surface area (Å²) in [6, 6.07) is 0.993. The maximum absolute atomic E-state index is 13.0. The van der Waals surface area contributed by atoms with Crippen LogP contribution in [0.1, 0.15) is 12.8 Å². The Balaban J connectivity index is 2.10. The zero-order chi connectivity index (χ0) is 13.3. The number of nitrogens with zero attached hydrogens (tertiary/aromatic N) is 2. The van der Waals surface area contributed by atoms with Crippen molar-refractivity contribution in [3.05, 3.63) is 24.3 Å². The first-order valence-electron chi connectivity index (χ1n) is 5.60. The predicted octanol–water partition coefficient (Wildman–Crippen LogP) is 2.01. The van der Waals surface area contributed by atoms with Gasteiger partial charge in [-0.05, 0) is 24.8 Å². The Morgan fingerprint density at radius 2 is 2.17 bits per heavy atom. The van der Waals surface area contributed by atoms with Gasteiger partial charge in [0.15, 0.2) is 0 Å². The number of pyridine rings is 1. The molecular weight excluding hydrogens is 323 g/mol. The molecule has 0 amide bonds. The highest BCUT2D eigenvalue weighted by atomic mass is 79.9. The van der Waals surface area contributed by atoms with Gasteiger partial charge in [0.2, 0.25) is 10.0 Å². The molecular formula is C11H14BrFN2O2S. The van der Waals surface area contributed by atoms with E-state index in [1.165, 1.54) is 17.5 Å². The average molecular weight is 337 g/mol. The van der Waals surface area contributed by atoms with Gasteiger partial charge in [-0.15, -0.1) is 0 Å². The van der Waals surface area contributed by atoms with Gasteiger partial charge < -0.3 is 0 Å². The molecule has 0 N–H and O–H groups in total. The number of rotatable bonds is 4. The molecule has 100 valence electrons. The van der Waals surface area contributed by atoms with Gasteiger partial charge in [0.25, 0.3) is 0 Å². The van der Waals surface area contributed by atoms with Crippen LogP contribution in [0.25, 0.3) is 0 Å². The van der Waals surface area contributed by atoms with Crippen LogP contribution in [0.3, 0.4) is 0 Å². The number of aromatic nitrogens is 1. The molecule has 1 aliphatic rings. The summed E-state index contributed by atoms with van der Waals surface area (Å²) >= 11 is 3.47. The van der Waals surface area contributed by atoms with E-state index in [-0.39, 0.29) is 4.90 Å². The molecule has 0 spiro atoms. The quantitative estimate of drug-likeness (QED) is 0.790. The molecule has 7 heteroatoms. The molecule has 0 aliphatic heterocycles. The molecule has 0 unspecified atom stereocenters. The van der Waals surface area contributed by atoms with E-state index in [9.17, 15) is 12.8 Å². The highest BCUT2D eigenvalue weighted by Crippen LogP contribution is 2.34. The minimum atomic E-state index is -3.63. The third-order valence-electron chi connectivity index (χ3n) is 3.08. The van der Waals surface area contributed by atoms with E-state index < -0.39 is 15.8 Å². The van der Waals surface area contributed by atoms with Crippen molar-refractivity contribution in [3.63, 3.8) is 0 Å².